The lowest BCUT2D eigenvalue weighted by Gasteiger charge is -2.12. The molecule has 0 bridgehead atoms. The SMILES string of the molecule is O=C(CC1C=CCC1)Nc1ccc(Br)c2ccccc12. The van der Waals surface area contributed by atoms with Gasteiger partial charge in [-0.1, -0.05) is 52.3 Å². The van der Waals surface area contributed by atoms with Gasteiger partial charge in [0.05, 0.1) is 0 Å². The van der Waals surface area contributed by atoms with Gasteiger partial charge in [0.2, 0.25) is 5.91 Å². The largest absolute Gasteiger partial charge is 0.325 e. The Labute approximate surface area is 127 Å². The predicted molar refractivity (Wildman–Crippen MR) is 86.8 cm³/mol. The molecule has 0 saturated heterocycles. The standard InChI is InChI=1S/C17H16BrNO/c18-15-9-10-16(14-8-4-3-7-13(14)15)19-17(20)11-12-5-1-2-6-12/h1,3-5,7-10,12H,2,6,11H2,(H,19,20). The Morgan fingerprint density at radius 1 is 1.20 bits per heavy atom. The van der Waals surface area contributed by atoms with Crippen molar-refractivity contribution in [2.45, 2.75) is 19.3 Å². The van der Waals surface area contributed by atoms with Gasteiger partial charge >= 0.3 is 0 Å². The predicted octanol–water partition coefficient (Wildman–Crippen LogP) is 4.90. The molecule has 1 aliphatic rings. The van der Waals surface area contributed by atoms with Gasteiger partial charge in [-0.15, -0.1) is 0 Å². The molecule has 0 fully saturated rings. The molecule has 0 heterocycles. The molecule has 0 saturated carbocycles. The number of rotatable bonds is 3. The van der Waals surface area contributed by atoms with Crippen LogP contribution in [0, 0.1) is 5.92 Å². The fourth-order valence-electron chi connectivity index (χ4n) is 2.68. The maximum atomic E-state index is 12.1. The van der Waals surface area contributed by atoms with Crippen molar-refractivity contribution in [1.29, 1.82) is 0 Å². The number of fused-ring (bicyclic) bond motifs is 1. The van der Waals surface area contributed by atoms with Gasteiger partial charge in [-0.05, 0) is 36.3 Å². The number of halogens is 1. The van der Waals surface area contributed by atoms with Crippen molar-refractivity contribution in [3.8, 4) is 0 Å². The van der Waals surface area contributed by atoms with E-state index < -0.39 is 0 Å². The zero-order valence-electron chi connectivity index (χ0n) is 11.1. The number of allylic oxidation sites excluding steroid dienone is 2. The van der Waals surface area contributed by atoms with Gasteiger partial charge < -0.3 is 5.32 Å². The van der Waals surface area contributed by atoms with E-state index in [-0.39, 0.29) is 5.91 Å². The van der Waals surface area contributed by atoms with Gasteiger partial charge in [0.1, 0.15) is 0 Å². The van der Waals surface area contributed by atoms with Gasteiger partial charge in [-0.25, -0.2) is 0 Å². The van der Waals surface area contributed by atoms with Crippen LogP contribution < -0.4 is 5.32 Å². The number of carbonyl (C=O) groups excluding carboxylic acids is 1. The highest BCUT2D eigenvalue weighted by Crippen LogP contribution is 2.30. The lowest BCUT2D eigenvalue weighted by Crippen LogP contribution is -2.15. The average molecular weight is 330 g/mol. The van der Waals surface area contributed by atoms with Crippen LogP contribution in [0.4, 0.5) is 5.69 Å². The Morgan fingerprint density at radius 2 is 2.00 bits per heavy atom. The molecule has 1 N–H and O–H groups in total. The summed E-state index contributed by atoms with van der Waals surface area (Å²) in [7, 11) is 0. The summed E-state index contributed by atoms with van der Waals surface area (Å²) in [5, 5.41) is 5.23. The molecule has 2 aromatic rings. The number of anilines is 1. The summed E-state index contributed by atoms with van der Waals surface area (Å²) in [5.41, 5.74) is 0.885. The second kappa shape index (κ2) is 5.80. The highest BCUT2D eigenvalue weighted by Gasteiger charge is 2.15. The molecule has 1 amide bonds. The number of amides is 1. The van der Waals surface area contributed by atoms with Gasteiger partial charge in [0, 0.05) is 22.0 Å². The zero-order chi connectivity index (χ0) is 13.9. The Morgan fingerprint density at radius 3 is 2.75 bits per heavy atom. The van der Waals surface area contributed by atoms with Crippen LogP contribution in [0.1, 0.15) is 19.3 Å². The monoisotopic (exact) mass is 329 g/mol. The molecule has 2 aromatic carbocycles. The van der Waals surface area contributed by atoms with Gasteiger partial charge in [-0.2, -0.15) is 0 Å². The Balaban J connectivity index is 1.82. The molecule has 3 rings (SSSR count). The molecule has 0 aliphatic heterocycles. The third-order valence-electron chi connectivity index (χ3n) is 3.70. The fourth-order valence-corrected chi connectivity index (χ4v) is 3.15. The van der Waals surface area contributed by atoms with E-state index in [2.05, 4.69) is 39.5 Å². The van der Waals surface area contributed by atoms with Crippen molar-refractivity contribution in [3.05, 3.63) is 53.0 Å². The van der Waals surface area contributed by atoms with Crippen molar-refractivity contribution < 1.29 is 4.79 Å². The molecule has 0 spiro atoms. The van der Waals surface area contributed by atoms with Crippen molar-refractivity contribution in [1.82, 2.24) is 0 Å². The minimum Gasteiger partial charge on any atom is -0.325 e. The summed E-state index contributed by atoms with van der Waals surface area (Å²) in [6, 6.07) is 12.0. The van der Waals surface area contributed by atoms with Crippen LogP contribution in [0.5, 0.6) is 0 Å². The summed E-state index contributed by atoms with van der Waals surface area (Å²) >= 11 is 3.55. The van der Waals surface area contributed by atoms with Crippen molar-refractivity contribution in [3.63, 3.8) is 0 Å². The summed E-state index contributed by atoms with van der Waals surface area (Å²) in [6.07, 6.45) is 7.07. The second-order valence-corrected chi connectivity index (χ2v) is 6.01. The maximum absolute atomic E-state index is 12.1. The Hall–Kier alpha value is -1.61. The lowest BCUT2D eigenvalue weighted by atomic mass is 10.0. The van der Waals surface area contributed by atoms with Crippen LogP contribution in [-0.4, -0.2) is 5.91 Å². The molecule has 20 heavy (non-hydrogen) atoms. The highest BCUT2D eigenvalue weighted by molar-refractivity contribution is 9.10. The van der Waals surface area contributed by atoms with E-state index in [1.807, 2.05) is 30.3 Å². The minimum atomic E-state index is 0.0917. The number of nitrogens with one attached hydrogen (secondary N) is 1. The van der Waals surface area contributed by atoms with Crippen LogP contribution in [0.25, 0.3) is 10.8 Å². The number of hydrogen-bond donors (Lipinski definition) is 1. The smallest absolute Gasteiger partial charge is 0.224 e. The van der Waals surface area contributed by atoms with E-state index in [4.69, 9.17) is 0 Å². The first-order chi connectivity index (χ1) is 9.74. The number of hydrogen-bond acceptors (Lipinski definition) is 1. The van der Waals surface area contributed by atoms with Crippen molar-refractivity contribution in [2.24, 2.45) is 5.92 Å². The topological polar surface area (TPSA) is 29.1 Å². The zero-order valence-corrected chi connectivity index (χ0v) is 12.7. The van der Waals surface area contributed by atoms with Crippen LogP contribution in [0.15, 0.2) is 53.0 Å². The third-order valence-corrected chi connectivity index (χ3v) is 4.40. The van der Waals surface area contributed by atoms with Crippen LogP contribution in [0.2, 0.25) is 0 Å². The van der Waals surface area contributed by atoms with Gasteiger partial charge in [0.15, 0.2) is 0 Å². The Bertz CT molecular complexity index is 678. The molecule has 102 valence electrons. The first-order valence-corrected chi connectivity index (χ1v) is 7.67. The van der Waals surface area contributed by atoms with Crippen LogP contribution in [0.3, 0.4) is 0 Å². The van der Waals surface area contributed by atoms with Gasteiger partial charge in [0.25, 0.3) is 0 Å². The molecule has 3 heteroatoms. The molecule has 0 radical (unpaired) electrons. The van der Waals surface area contributed by atoms with E-state index in [1.165, 1.54) is 0 Å². The van der Waals surface area contributed by atoms with E-state index in [0.29, 0.717) is 12.3 Å². The average Bonchev–Trinajstić information content (AvgIpc) is 2.95. The third kappa shape index (κ3) is 2.78. The van der Waals surface area contributed by atoms with Crippen LogP contribution in [-0.2, 0) is 4.79 Å². The second-order valence-electron chi connectivity index (χ2n) is 5.16. The molecule has 1 aliphatic carbocycles. The summed E-state index contributed by atoms with van der Waals surface area (Å²) in [5.74, 6) is 0.491. The molecule has 0 aromatic heterocycles. The first kappa shape index (κ1) is 13.4. The number of carbonyl (C=O) groups is 1. The maximum Gasteiger partial charge on any atom is 0.224 e. The normalized spacial score (nSPS) is 17.6. The number of benzene rings is 2. The molecule has 1 atom stereocenters. The van der Waals surface area contributed by atoms with E-state index in [9.17, 15) is 4.79 Å². The minimum absolute atomic E-state index is 0.0917. The van der Waals surface area contributed by atoms with Crippen molar-refractivity contribution in [2.75, 3.05) is 5.32 Å². The van der Waals surface area contributed by atoms with Gasteiger partial charge in [-0.3, -0.25) is 4.79 Å². The lowest BCUT2D eigenvalue weighted by molar-refractivity contribution is -0.116. The molecular weight excluding hydrogens is 314 g/mol. The molecule has 1 unspecified atom stereocenters. The molecular formula is C17H16BrNO. The quantitative estimate of drug-likeness (QED) is 0.797. The highest BCUT2D eigenvalue weighted by atomic mass is 79.9. The molecule has 2 nitrogen and oxygen atoms in total. The van der Waals surface area contributed by atoms with E-state index in [0.717, 1.165) is 33.8 Å². The van der Waals surface area contributed by atoms with E-state index in [1.54, 1.807) is 0 Å². The fraction of sp³-hybridized carbons (Fsp3) is 0.235. The first-order valence-electron chi connectivity index (χ1n) is 6.88. The van der Waals surface area contributed by atoms with E-state index >= 15 is 0 Å². The summed E-state index contributed by atoms with van der Waals surface area (Å²) in [6.45, 7) is 0. The van der Waals surface area contributed by atoms with Crippen LogP contribution >= 0.6 is 15.9 Å². The summed E-state index contributed by atoms with van der Waals surface area (Å²) < 4.78 is 1.05. The summed E-state index contributed by atoms with van der Waals surface area (Å²) in [4.78, 5) is 12.1. The Kier molecular flexibility index (Phi) is 3.88. The van der Waals surface area contributed by atoms with Crippen molar-refractivity contribution >= 4 is 38.3 Å².